The Morgan fingerprint density at radius 1 is 1.04 bits per heavy atom. The first-order valence-corrected chi connectivity index (χ1v) is 9.40. The molecule has 0 aliphatic rings. The van der Waals surface area contributed by atoms with Crippen LogP contribution in [0.4, 0.5) is 15.9 Å². The number of halogens is 2. The van der Waals surface area contributed by atoms with Crippen molar-refractivity contribution < 1.29 is 4.39 Å². The number of rotatable bonds is 4. The van der Waals surface area contributed by atoms with Crippen LogP contribution in [0.25, 0.3) is 10.8 Å². The van der Waals surface area contributed by atoms with E-state index < -0.39 is 0 Å². The Labute approximate surface area is 171 Å². The first kappa shape index (κ1) is 18.4. The number of thiocarbonyl (C=S) groups is 1. The summed E-state index contributed by atoms with van der Waals surface area (Å²) < 4.78 is 15.0. The standard InChI is InChI=1S/C21H16ClFN4S/c22-18-13-27(12-14-5-3-8-16(23)11-14)26-20(18)25-21(28)24-19-10-4-7-15-6-1-2-9-17(15)19/h1-11,13H,12H2,(H2,24,25,26,28). The van der Waals surface area contributed by atoms with Gasteiger partial charge in [0.05, 0.1) is 6.54 Å². The highest BCUT2D eigenvalue weighted by atomic mass is 35.5. The minimum atomic E-state index is -0.283. The molecule has 140 valence electrons. The fourth-order valence-corrected chi connectivity index (χ4v) is 3.38. The molecule has 0 aliphatic heterocycles. The fourth-order valence-electron chi connectivity index (χ4n) is 2.98. The molecule has 0 saturated carbocycles. The molecule has 4 rings (SSSR count). The van der Waals surface area contributed by atoms with Crippen molar-refractivity contribution in [2.75, 3.05) is 10.6 Å². The van der Waals surface area contributed by atoms with E-state index >= 15 is 0 Å². The second kappa shape index (κ2) is 7.96. The Kier molecular flexibility index (Phi) is 5.23. The molecule has 0 aliphatic carbocycles. The van der Waals surface area contributed by atoms with E-state index in [1.165, 1.54) is 12.1 Å². The minimum absolute atomic E-state index is 0.283. The van der Waals surface area contributed by atoms with Crippen LogP contribution in [0.15, 0.2) is 72.9 Å². The summed E-state index contributed by atoms with van der Waals surface area (Å²) in [5.74, 6) is 0.158. The van der Waals surface area contributed by atoms with Gasteiger partial charge in [0.15, 0.2) is 10.9 Å². The van der Waals surface area contributed by atoms with E-state index in [0.29, 0.717) is 22.5 Å². The average molecular weight is 411 g/mol. The quantitative estimate of drug-likeness (QED) is 0.424. The molecule has 4 nitrogen and oxygen atoms in total. The summed E-state index contributed by atoms with van der Waals surface area (Å²) in [5.41, 5.74) is 1.69. The molecule has 0 radical (unpaired) electrons. The fraction of sp³-hybridized carbons (Fsp3) is 0.0476. The van der Waals surface area contributed by atoms with Gasteiger partial charge >= 0.3 is 0 Å². The zero-order chi connectivity index (χ0) is 19.5. The summed E-state index contributed by atoms with van der Waals surface area (Å²) >= 11 is 11.7. The molecule has 0 bridgehead atoms. The van der Waals surface area contributed by atoms with Crippen LogP contribution in [-0.4, -0.2) is 14.9 Å². The largest absolute Gasteiger partial charge is 0.332 e. The van der Waals surface area contributed by atoms with Crippen LogP contribution in [0.1, 0.15) is 5.56 Å². The van der Waals surface area contributed by atoms with Crippen LogP contribution < -0.4 is 10.6 Å². The second-order valence-corrected chi connectivity index (χ2v) is 7.07. The summed E-state index contributed by atoms with van der Waals surface area (Å²) in [4.78, 5) is 0. The summed E-state index contributed by atoms with van der Waals surface area (Å²) in [5, 5.41) is 13.6. The van der Waals surface area contributed by atoms with Gasteiger partial charge in [-0.25, -0.2) is 4.39 Å². The summed E-state index contributed by atoms with van der Waals surface area (Å²) in [6.45, 7) is 0.405. The second-order valence-electron chi connectivity index (χ2n) is 6.26. The topological polar surface area (TPSA) is 41.9 Å². The molecule has 28 heavy (non-hydrogen) atoms. The number of fused-ring (bicyclic) bond motifs is 1. The molecule has 0 saturated heterocycles. The van der Waals surface area contributed by atoms with E-state index in [0.717, 1.165) is 22.0 Å². The lowest BCUT2D eigenvalue weighted by molar-refractivity contribution is 0.619. The van der Waals surface area contributed by atoms with Gasteiger partial charge in [-0.1, -0.05) is 60.1 Å². The molecule has 4 aromatic rings. The van der Waals surface area contributed by atoms with E-state index in [2.05, 4.69) is 15.7 Å². The van der Waals surface area contributed by atoms with E-state index in [1.807, 2.05) is 48.5 Å². The third-order valence-electron chi connectivity index (χ3n) is 4.22. The van der Waals surface area contributed by atoms with Crippen LogP contribution in [0.2, 0.25) is 5.02 Å². The number of nitrogens with zero attached hydrogens (tertiary/aromatic N) is 2. The first-order chi connectivity index (χ1) is 13.6. The SMILES string of the molecule is Fc1cccc(Cn2cc(Cl)c(NC(=S)Nc3cccc4ccccc34)n2)c1. The van der Waals surface area contributed by atoms with E-state index in [9.17, 15) is 4.39 Å². The molecule has 0 unspecified atom stereocenters. The maximum Gasteiger partial charge on any atom is 0.176 e. The van der Waals surface area contributed by atoms with Crippen molar-refractivity contribution in [2.24, 2.45) is 0 Å². The third-order valence-corrected chi connectivity index (χ3v) is 4.70. The van der Waals surface area contributed by atoms with Crippen molar-refractivity contribution in [2.45, 2.75) is 6.54 Å². The molecule has 0 atom stereocenters. The number of anilines is 2. The molecule has 3 aromatic carbocycles. The van der Waals surface area contributed by atoms with Crippen LogP contribution in [-0.2, 0) is 6.54 Å². The van der Waals surface area contributed by atoms with Gasteiger partial charge in [0.25, 0.3) is 0 Å². The zero-order valence-electron chi connectivity index (χ0n) is 14.7. The Bertz CT molecular complexity index is 1150. The van der Waals surface area contributed by atoms with Gasteiger partial charge in [-0.3, -0.25) is 4.68 Å². The number of aromatic nitrogens is 2. The van der Waals surface area contributed by atoms with Crippen molar-refractivity contribution in [3.8, 4) is 0 Å². The Morgan fingerprint density at radius 2 is 1.82 bits per heavy atom. The van der Waals surface area contributed by atoms with Gasteiger partial charge in [-0.05, 0) is 41.4 Å². The molecular formula is C21H16ClFN4S. The van der Waals surface area contributed by atoms with E-state index in [4.69, 9.17) is 23.8 Å². The number of hydrogen-bond acceptors (Lipinski definition) is 2. The lowest BCUT2D eigenvalue weighted by Crippen LogP contribution is -2.20. The molecule has 2 N–H and O–H groups in total. The monoisotopic (exact) mass is 410 g/mol. The normalized spacial score (nSPS) is 10.8. The summed E-state index contributed by atoms with van der Waals surface area (Å²) in [6.07, 6.45) is 1.68. The maximum atomic E-state index is 13.4. The smallest absolute Gasteiger partial charge is 0.176 e. The first-order valence-electron chi connectivity index (χ1n) is 8.62. The Hall–Kier alpha value is -2.96. The van der Waals surface area contributed by atoms with Crippen molar-refractivity contribution >= 4 is 51.2 Å². The lowest BCUT2D eigenvalue weighted by atomic mass is 10.1. The number of nitrogens with one attached hydrogen (secondary N) is 2. The molecule has 0 amide bonds. The Balaban J connectivity index is 1.48. The van der Waals surface area contributed by atoms with Gasteiger partial charge in [0.1, 0.15) is 10.8 Å². The van der Waals surface area contributed by atoms with E-state index in [1.54, 1.807) is 16.9 Å². The predicted octanol–water partition coefficient (Wildman–Crippen LogP) is 5.69. The predicted molar refractivity (Wildman–Crippen MR) is 117 cm³/mol. The van der Waals surface area contributed by atoms with Crippen molar-refractivity contribution in [3.63, 3.8) is 0 Å². The highest BCUT2D eigenvalue weighted by molar-refractivity contribution is 7.80. The van der Waals surface area contributed by atoms with Crippen molar-refractivity contribution in [1.82, 2.24) is 9.78 Å². The molecule has 0 spiro atoms. The average Bonchev–Trinajstić information content (AvgIpc) is 3.00. The van der Waals surface area contributed by atoms with Gasteiger partial charge in [0, 0.05) is 17.3 Å². The minimum Gasteiger partial charge on any atom is -0.332 e. The summed E-state index contributed by atoms with van der Waals surface area (Å²) in [6, 6.07) is 20.4. The third kappa shape index (κ3) is 4.13. The van der Waals surface area contributed by atoms with E-state index in [-0.39, 0.29) is 5.82 Å². The van der Waals surface area contributed by atoms with Crippen LogP contribution in [0.5, 0.6) is 0 Å². The van der Waals surface area contributed by atoms with Gasteiger partial charge in [-0.15, -0.1) is 0 Å². The van der Waals surface area contributed by atoms with Gasteiger partial charge in [-0.2, -0.15) is 5.10 Å². The van der Waals surface area contributed by atoms with Crippen LogP contribution in [0, 0.1) is 5.82 Å². The maximum absolute atomic E-state index is 13.4. The zero-order valence-corrected chi connectivity index (χ0v) is 16.3. The van der Waals surface area contributed by atoms with Crippen LogP contribution in [0.3, 0.4) is 0 Å². The lowest BCUT2D eigenvalue weighted by Gasteiger charge is -2.11. The number of benzene rings is 3. The molecule has 1 heterocycles. The van der Waals surface area contributed by atoms with Crippen molar-refractivity contribution in [3.05, 3.63) is 89.3 Å². The molecule has 1 aromatic heterocycles. The molecule has 0 fully saturated rings. The van der Waals surface area contributed by atoms with Crippen molar-refractivity contribution in [1.29, 1.82) is 0 Å². The highest BCUT2D eigenvalue weighted by Crippen LogP contribution is 2.24. The van der Waals surface area contributed by atoms with Gasteiger partial charge < -0.3 is 10.6 Å². The summed E-state index contributed by atoms with van der Waals surface area (Å²) in [7, 11) is 0. The molecule has 7 heteroatoms. The molecular weight excluding hydrogens is 395 g/mol. The van der Waals surface area contributed by atoms with Crippen LogP contribution >= 0.6 is 23.8 Å². The van der Waals surface area contributed by atoms with Gasteiger partial charge in [0.2, 0.25) is 0 Å². The highest BCUT2D eigenvalue weighted by Gasteiger charge is 2.10. The number of hydrogen-bond donors (Lipinski definition) is 2. The Morgan fingerprint density at radius 3 is 2.68 bits per heavy atom.